The number of benzene rings is 12. The van der Waals surface area contributed by atoms with Crippen molar-refractivity contribution >= 4 is 27.8 Å². The van der Waals surface area contributed by atoms with Crippen molar-refractivity contribution in [3.63, 3.8) is 0 Å². The van der Waals surface area contributed by atoms with Crippen molar-refractivity contribution in [3.8, 4) is 66.8 Å². The Bertz CT molecular complexity index is 3850. The van der Waals surface area contributed by atoms with Gasteiger partial charge in [-0.05, 0) is 148 Å². The zero-order chi connectivity index (χ0) is 47.8. The van der Waals surface area contributed by atoms with Gasteiger partial charge in [0.05, 0.1) is 5.41 Å². The number of hydrogen-bond acceptors (Lipinski definition) is 1. The number of fused-ring (bicyclic) bond motifs is 4. The molecular weight excluding hydrogens is 867 g/mol. The van der Waals surface area contributed by atoms with Crippen LogP contribution in [0.1, 0.15) is 22.3 Å². The molecule has 1 aliphatic rings. The van der Waals surface area contributed by atoms with Gasteiger partial charge in [-0.1, -0.05) is 249 Å². The summed E-state index contributed by atoms with van der Waals surface area (Å²) < 4.78 is 0. The fourth-order valence-electron chi connectivity index (χ4n) is 11.4. The first-order valence-electron chi connectivity index (χ1n) is 24.9. The number of hydrogen-bond donors (Lipinski definition) is 0. The maximum atomic E-state index is 2.45. The monoisotopic (exact) mass is 915 g/mol. The molecule has 0 aromatic heterocycles. The molecule has 0 unspecified atom stereocenters. The van der Waals surface area contributed by atoms with Crippen LogP contribution in [-0.2, 0) is 5.41 Å². The van der Waals surface area contributed by atoms with Crippen LogP contribution in [0.2, 0.25) is 0 Å². The topological polar surface area (TPSA) is 3.24 Å². The van der Waals surface area contributed by atoms with Gasteiger partial charge in [0.2, 0.25) is 0 Å². The lowest BCUT2D eigenvalue weighted by atomic mass is 9.67. The second-order valence-corrected chi connectivity index (χ2v) is 18.8. The predicted molar refractivity (Wildman–Crippen MR) is 303 cm³/mol. The minimum atomic E-state index is -0.465. The molecule has 0 saturated heterocycles. The van der Waals surface area contributed by atoms with E-state index in [0.29, 0.717) is 0 Å². The summed E-state index contributed by atoms with van der Waals surface area (Å²) in [6.45, 7) is 0. The highest BCUT2D eigenvalue weighted by Gasteiger charge is 2.46. The minimum Gasteiger partial charge on any atom is -0.310 e. The maximum absolute atomic E-state index is 2.45. The van der Waals surface area contributed by atoms with Gasteiger partial charge in [-0.25, -0.2) is 0 Å². The molecule has 72 heavy (non-hydrogen) atoms. The molecule has 0 aliphatic heterocycles. The van der Waals surface area contributed by atoms with Gasteiger partial charge >= 0.3 is 0 Å². The highest BCUT2D eigenvalue weighted by molar-refractivity contribution is 5.97. The minimum absolute atomic E-state index is 0.465. The molecule has 0 atom stereocenters. The molecule has 1 nitrogen and oxygen atoms in total. The van der Waals surface area contributed by atoms with E-state index in [4.69, 9.17) is 0 Å². The van der Waals surface area contributed by atoms with Crippen molar-refractivity contribution in [2.45, 2.75) is 5.41 Å². The standard InChI is InChI=1S/C71H49N/c1-4-18-50(19-5-1)51-36-38-52(39-37-51)56-23-15-30-63(47-56)72(64-31-16-24-57(48-64)55-22-14-25-59(46-55)66-34-17-21-54-20-10-11-32-65(54)66)62-43-40-53(41-44-62)58-42-45-68-67-33-12-13-35-69(67)71(70(68)49-58,60-26-6-2-7-27-60)61-28-8-3-9-29-61/h1-49H. The smallest absolute Gasteiger partial charge is 0.0713 e. The predicted octanol–water partition coefficient (Wildman–Crippen LogP) is 19.0. The third-order valence-corrected chi connectivity index (χ3v) is 14.7. The largest absolute Gasteiger partial charge is 0.310 e. The van der Waals surface area contributed by atoms with Crippen LogP contribution in [0.5, 0.6) is 0 Å². The van der Waals surface area contributed by atoms with E-state index in [0.717, 1.165) is 28.2 Å². The van der Waals surface area contributed by atoms with E-state index in [1.165, 1.54) is 88.7 Å². The molecule has 0 bridgehead atoms. The Labute approximate surface area is 422 Å². The second kappa shape index (κ2) is 18.2. The highest BCUT2D eigenvalue weighted by Crippen LogP contribution is 2.57. The third-order valence-electron chi connectivity index (χ3n) is 14.7. The Morgan fingerprint density at radius 2 is 0.639 bits per heavy atom. The Morgan fingerprint density at radius 3 is 1.32 bits per heavy atom. The maximum Gasteiger partial charge on any atom is 0.0713 e. The van der Waals surface area contributed by atoms with E-state index in [-0.39, 0.29) is 0 Å². The molecule has 0 fully saturated rings. The summed E-state index contributed by atoms with van der Waals surface area (Å²) in [5.41, 5.74) is 22.4. The molecule has 12 aromatic rings. The van der Waals surface area contributed by atoms with Gasteiger partial charge in [0, 0.05) is 17.1 Å². The normalized spacial score (nSPS) is 12.3. The van der Waals surface area contributed by atoms with E-state index in [9.17, 15) is 0 Å². The number of anilines is 3. The summed E-state index contributed by atoms with van der Waals surface area (Å²) in [5, 5.41) is 2.50. The zero-order valence-corrected chi connectivity index (χ0v) is 39.7. The summed E-state index contributed by atoms with van der Waals surface area (Å²) in [6.07, 6.45) is 0. The van der Waals surface area contributed by atoms with Crippen molar-refractivity contribution in [2.75, 3.05) is 4.90 Å². The lowest BCUT2D eigenvalue weighted by molar-refractivity contribution is 0.769. The van der Waals surface area contributed by atoms with Gasteiger partial charge in [0.15, 0.2) is 0 Å². The van der Waals surface area contributed by atoms with E-state index < -0.39 is 5.41 Å². The SMILES string of the molecule is c1ccc(-c2ccc(-c3cccc(N(c4ccc(-c5ccc6c(c5)C(c5ccccc5)(c5ccccc5)c5ccccc5-6)cc4)c4cccc(-c5cccc(-c6cccc7ccccc67)c5)c4)c3)cc2)cc1. The molecule has 1 heteroatoms. The van der Waals surface area contributed by atoms with E-state index in [2.05, 4.69) is 302 Å². The summed E-state index contributed by atoms with van der Waals surface area (Å²) in [5.74, 6) is 0. The van der Waals surface area contributed by atoms with Gasteiger partial charge in [0.1, 0.15) is 0 Å². The van der Waals surface area contributed by atoms with E-state index in [1.807, 2.05) is 0 Å². The second-order valence-electron chi connectivity index (χ2n) is 18.8. The van der Waals surface area contributed by atoms with Crippen LogP contribution in [0, 0.1) is 0 Å². The van der Waals surface area contributed by atoms with Crippen LogP contribution < -0.4 is 4.90 Å². The van der Waals surface area contributed by atoms with Crippen molar-refractivity contribution < 1.29 is 0 Å². The first-order valence-corrected chi connectivity index (χ1v) is 24.9. The summed E-state index contributed by atoms with van der Waals surface area (Å²) >= 11 is 0. The zero-order valence-electron chi connectivity index (χ0n) is 39.7. The fraction of sp³-hybridized carbons (Fsp3) is 0.0141. The van der Waals surface area contributed by atoms with Gasteiger partial charge in [-0.3, -0.25) is 0 Å². The molecule has 0 N–H and O–H groups in total. The van der Waals surface area contributed by atoms with Crippen molar-refractivity contribution in [3.05, 3.63) is 320 Å². The van der Waals surface area contributed by atoms with Crippen molar-refractivity contribution in [2.24, 2.45) is 0 Å². The molecule has 12 aromatic carbocycles. The molecule has 0 amide bonds. The van der Waals surface area contributed by atoms with Crippen LogP contribution in [0.15, 0.2) is 297 Å². The number of rotatable bonds is 10. The van der Waals surface area contributed by atoms with Crippen LogP contribution in [0.3, 0.4) is 0 Å². The molecule has 13 rings (SSSR count). The summed E-state index contributed by atoms with van der Waals surface area (Å²) in [6, 6.07) is 109. The first kappa shape index (κ1) is 42.8. The van der Waals surface area contributed by atoms with Gasteiger partial charge in [-0.15, -0.1) is 0 Å². The van der Waals surface area contributed by atoms with E-state index >= 15 is 0 Å². The lowest BCUT2D eigenvalue weighted by Crippen LogP contribution is -2.28. The molecule has 338 valence electrons. The van der Waals surface area contributed by atoms with Crippen LogP contribution >= 0.6 is 0 Å². The van der Waals surface area contributed by atoms with E-state index in [1.54, 1.807) is 0 Å². The van der Waals surface area contributed by atoms with Gasteiger partial charge in [0.25, 0.3) is 0 Å². The average molecular weight is 916 g/mol. The first-order chi connectivity index (χ1) is 35.7. The molecule has 0 spiro atoms. The fourth-order valence-corrected chi connectivity index (χ4v) is 11.4. The summed E-state index contributed by atoms with van der Waals surface area (Å²) in [4.78, 5) is 2.40. The Morgan fingerprint density at radius 1 is 0.222 bits per heavy atom. The Hall–Kier alpha value is -9.30. The van der Waals surface area contributed by atoms with Crippen molar-refractivity contribution in [1.82, 2.24) is 0 Å². The van der Waals surface area contributed by atoms with Crippen LogP contribution in [0.4, 0.5) is 17.1 Å². The summed E-state index contributed by atoms with van der Waals surface area (Å²) in [7, 11) is 0. The average Bonchev–Trinajstić information content (AvgIpc) is 3.76. The van der Waals surface area contributed by atoms with Crippen LogP contribution in [-0.4, -0.2) is 0 Å². The molecule has 0 saturated carbocycles. The lowest BCUT2D eigenvalue weighted by Gasteiger charge is -2.34. The van der Waals surface area contributed by atoms with Crippen molar-refractivity contribution in [1.29, 1.82) is 0 Å². The number of nitrogens with zero attached hydrogens (tertiary/aromatic N) is 1. The molecule has 0 radical (unpaired) electrons. The Kier molecular flexibility index (Phi) is 10.8. The third kappa shape index (κ3) is 7.51. The molecular formula is C71H49N. The van der Waals surface area contributed by atoms with Gasteiger partial charge in [-0.2, -0.15) is 0 Å². The Balaban J connectivity index is 0.914. The molecule has 0 heterocycles. The molecule has 1 aliphatic carbocycles. The quantitative estimate of drug-likeness (QED) is 0.132. The van der Waals surface area contributed by atoms with Crippen LogP contribution in [0.25, 0.3) is 77.5 Å². The highest BCUT2D eigenvalue weighted by atomic mass is 15.1. The van der Waals surface area contributed by atoms with Gasteiger partial charge < -0.3 is 4.90 Å².